The molecule has 1 aromatic heterocycles. The van der Waals surface area contributed by atoms with E-state index in [0.717, 1.165) is 11.5 Å². The van der Waals surface area contributed by atoms with Crippen molar-refractivity contribution in [1.29, 1.82) is 0 Å². The van der Waals surface area contributed by atoms with Gasteiger partial charge in [-0.1, -0.05) is 30.3 Å². The van der Waals surface area contributed by atoms with E-state index in [9.17, 15) is 12.8 Å². The number of hydrogen-bond donors (Lipinski definition) is 0. The number of hydrogen-bond acceptors (Lipinski definition) is 3. The fraction of sp³-hybridized carbons (Fsp3) is 0.0625. The van der Waals surface area contributed by atoms with Crippen molar-refractivity contribution >= 4 is 20.7 Å². The molecule has 0 atom stereocenters. The Labute approximate surface area is 122 Å². The normalized spacial score (nSPS) is 11.7. The van der Waals surface area contributed by atoms with Crippen molar-refractivity contribution in [2.75, 3.05) is 0 Å². The molecule has 3 nitrogen and oxygen atoms in total. The van der Waals surface area contributed by atoms with E-state index in [1.54, 1.807) is 24.4 Å². The molecular formula is C16H12FNO2S. The third-order valence-electron chi connectivity index (χ3n) is 3.22. The zero-order valence-corrected chi connectivity index (χ0v) is 11.8. The topological polar surface area (TPSA) is 47.0 Å². The molecule has 106 valence electrons. The maximum absolute atomic E-state index is 13.2. The summed E-state index contributed by atoms with van der Waals surface area (Å²) in [5.74, 6) is -0.766. The predicted octanol–water partition coefficient (Wildman–Crippen LogP) is 3.35. The first-order chi connectivity index (χ1) is 10.1. The Bertz CT molecular complexity index is 902. The van der Waals surface area contributed by atoms with Gasteiger partial charge in [-0.25, -0.2) is 12.8 Å². The van der Waals surface area contributed by atoms with Crippen LogP contribution in [0.15, 0.2) is 65.7 Å². The number of sulfone groups is 1. The van der Waals surface area contributed by atoms with Crippen LogP contribution in [0, 0.1) is 5.82 Å². The third kappa shape index (κ3) is 2.78. The second kappa shape index (κ2) is 5.26. The molecule has 0 aliphatic heterocycles. The Kier molecular flexibility index (Phi) is 3.43. The lowest BCUT2D eigenvalue weighted by Crippen LogP contribution is -2.06. The number of rotatable bonds is 3. The number of halogens is 1. The predicted molar refractivity (Wildman–Crippen MR) is 79.0 cm³/mol. The smallest absolute Gasteiger partial charge is 0.182 e. The molecule has 0 N–H and O–H groups in total. The second-order valence-electron chi connectivity index (χ2n) is 4.71. The molecule has 0 fully saturated rings. The molecule has 0 bridgehead atoms. The number of fused-ring (bicyclic) bond motifs is 1. The fourth-order valence-corrected chi connectivity index (χ4v) is 3.62. The summed E-state index contributed by atoms with van der Waals surface area (Å²) in [5.41, 5.74) is 1.26. The highest BCUT2D eigenvalue weighted by Crippen LogP contribution is 2.22. The summed E-state index contributed by atoms with van der Waals surface area (Å²) in [6.45, 7) is 0. The van der Waals surface area contributed by atoms with Crippen LogP contribution in [0.25, 0.3) is 10.9 Å². The van der Waals surface area contributed by atoms with Crippen LogP contribution in [0.4, 0.5) is 4.39 Å². The van der Waals surface area contributed by atoms with Crippen LogP contribution in [-0.2, 0) is 15.6 Å². The summed E-state index contributed by atoms with van der Waals surface area (Å²) >= 11 is 0. The van der Waals surface area contributed by atoms with Gasteiger partial charge >= 0.3 is 0 Å². The van der Waals surface area contributed by atoms with Gasteiger partial charge in [0.05, 0.1) is 16.2 Å². The van der Waals surface area contributed by atoms with Crippen molar-refractivity contribution in [3.63, 3.8) is 0 Å². The molecule has 3 aromatic rings. The monoisotopic (exact) mass is 301 g/mol. The van der Waals surface area contributed by atoms with Gasteiger partial charge in [0.15, 0.2) is 9.84 Å². The lowest BCUT2D eigenvalue weighted by atomic mass is 10.1. The van der Waals surface area contributed by atoms with Crippen LogP contribution in [0.2, 0.25) is 0 Å². The van der Waals surface area contributed by atoms with Crippen LogP contribution in [0.1, 0.15) is 5.56 Å². The molecule has 0 amide bonds. The molecule has 0 aliphatic rings. The van der Waals surface area contributed by atoms with Gasteiger partial charge in [-0.05, 0) is 29.8 Å². The lowest BCUT2D eigenvalue weighted by Gasteiger charge is -2.07. The van der Waals surface area contributed by atoms with E-state index < -0.39 is 15.7 Å². The van der Waals surface area contributed by atoms with Gasteiger partial charge in [-0.2, -0.15) is 0 Å². The fourth-order valence-electron chi connectivity index (χ4n) is 2.23. The molecule has 0 saturated carbocycles. The minimum Gasteiger partial charge on any atom is -0.256 e. The average molecular weight is 301 g/mol. The molecule has 0 radical (unpaired) electrons. The van der Waals surface area contributed by atoms with Crippen molar-refractivity contribution in [3.8, 4) is 0 Å². The van der Waals surface area contributed by atoms with Gasteiger partial charge in [-0.3, -0.25) is 4.98 Å². The molecule has 0 spiro atoms. The minimum atomic E-state index is -3.61. The number of pyridine rings is 1. The van der Waals surface area contributed by atoms with E-state index in [4.69, 9.17) is 0 Å². The van der Waals surface area contributed by atoms with E-state index >= 15 is 0 Å². The van der Waals surface area contributed by atoms with Crippen molar-refractivity contribution in [2.24, 2.45) is 0 Å². The first kappa shape index (κ1) is 13.7. The molecule has 2 aromatic carbocycles. The molecule has 5 heteroatoms. The van der Waals surface area contributed by atoms with Crippen molar-refractivity contribution in [3.05, 3.63) is 72.2 Å². The molecule has 0 aliphatic carbocycles. The summed E-state index contributed by atoms with van der Waals surface area (Å²) in [6, 6.07) is 14.1. The Morgan fingerprint density at radius 1 is 1.00 bits per heavy atom. The van der Waals surface area contributed by atoms with Gasteiger partial charge in [0.25, 0.3) is 0 Å². The van der Waals surface area contributed by atoms with Crippen LogP contribution in [0.3, 0.4) is 0 Å². The summed E-state index contributed by atoms with van der Waals surface area (Å²) in [7, 11) is -3.61. The summed E-state index contributed by atoms with van der Waals surface area (Å²) < 4.78 is 38.0. The van der Waals surface area contributed by atoms with Gasteiger partial charge < -0.3 is 0 Å². The van der Waals surface area contributed by atoms with Gasteiger partial charge in [0.1, 0.15) is 5.82 Å². The Hall–Kier alpha value is -2.27. The zero-order valence-electron chi connectivity index (χ0n) is 11.0. The van der Waals surface area contributed by atoms with Crippen molar-refractivity contribution in [2.45, 2.75) is 10.6 Å². The van der Waals surface area contributed by atoms with E-state index in [0.29, 0.717) is 11.1 Å². The third-order valence-corrected chi connectivity index (χ3v) is 4.88. The van der Waals surface area contributed by atoms with E-state index in [1.807, 2.05) is 12.1 Å². The average Bonchev–Trinajstić information content (AvgIpc) is 2.47. The van der Waals surface area contributed by atoms with Crippen molar-refractivity contribution < 1.29 is 12.8 Å². The van der Waals surface area contributed by atoms with E-state index in [2.05, 4.69) is 4.98 Å². The Balaban J connectivity index is 2.06. The van der Waals surface area contributed by atoms with Crippen LogP contribution < -0.4 is 0 Å². The summed E-state index contributed by atoms with van der Waals surface area (Å²) in [4.78, 5) is 4.22. The molecule has 1 heterocycles. The van der Waals surface area contributed by atoms with Crippen LogP contribution in [0.5, 0.6) is 0 Å². The standard InChI is InChI=1S/C16H12FNO2S/c17-14-7-2-8-15(10-14)21(19,20)11-13-5-1-4-12-6-3-9-18-16(12)13/h1-10H,11H2. The molecular weight excluding hydrogens is 289 g/mol. The van der Waals surface area contributed by atoms with Crippen molar-refractivity contribution in [1.82, 2.24) is 4.98 Å². The van der Waals surface area contributed by atoms with Gasteiger partial charge in [0.2, 0.25) is 0 Å². The highest BCUT2D eigenvalue weighted by molar-refractivity contribution is 7.90. The SMILES string of the molecule is O=S(=O)(Cc1cccc2cccnc12)c1cccc(F)c1. The second-order valence-corrected chi connectivity index (χ2v) is 6.70. The van der Waals surface area contributed by atoms with Gasteiger partial charge in [0, 0.05) is 11.6 Å². The summed E-state index contributed by atoms with van der Waals surface area (Å²) in [5, 5.41) is 0.879. The number of para-hydroxylation sites is 1. The molecule has 0 unspecified atom stereocenters. The Morgan fingerprint density at radius 2 is 1.76 bits per heavy atom. The first-order valence-corrected chi connectivity index (χ1v) is 8.02. The zero-order chi connectivity index (χ0) is 14.9. The van der Waals surface area contributed by atoms with Gasteiger partial charge in [-0.15, -0.1) is 0 Å². The van der Waals surface area contributed by atoms with Crippen LogP contribution in [-0.4, -0.2) is 13.4 Å². The highest BCUT2D eigenvalue weighted by Gasteiger charge is 2.17. The number of aromatic nitrogens is 1. The lowest BCUT2D eigenvalue weighted by molar-refractivity contribution is 0.590. The molecule has 21 heavy (non-hydrogen) atoms. The quantitative estimate of drug-likeness (QED) is 0.745. The maximum Gasteiger partial charge on any atom is 0.182 e. The van der Waals surface area contributed by atoms with E-state index in [1.165, 1.54) is 18.2 Å². The maximum atomic E-state index is 13.2. The molecule has 0 saturated heterocycles. The van der Waals surface area contributed by atoms with Crippen LogP contribution >= 0.6 is 0 Å². The summed E-state index contributed by atoms with van der Waals surface area (Å²) in [6.07, 6.45) is 1.63. The highest BCUT2D eigenvalue weighted by atomic mass is 32.2. The first-order valence-electron chi connectivity index (χ1n) is 6.37. The number of benzene rings is 2. The largest absolute Gasteiger partial charge is 0.256 e. The number of nitrogens with zero attached hydrogens (tertiary/aromatic N) is 1. The van der Waals surface area contributed by atoms with E-state index in [-0.39, 0.29) is 10.6 Å². The Morgan fingerprint density at radius 3 is 2.57 bits per heavy atom. The molecule has 3 rings (SSSR count). The minimum absolute atomic E-state index is 0.0181.